The molecule has 39 heavy (non-hydrogen) atoms. The van der Waals surface area contributed by atoms with Crippen molar-refractivity contribution in [2.75, 3.05) is 26.2 Å². The molecule has 3 amide bonds. The molecule has 0 aromatic heterocycles. The number of carbonyl (C=O) groups is 3. The molecule has 3 atom stereocenters. The predicted octanol–water partition coefficient (Wildman–Crippen LogP) is 1.53. The van der Waals surface area contributed by atoms with Crippen LogP contribution in [0.2, 0.25) is 0 Å². The zero-order chi connectivity index (χ0) is 28.2. The molecule has 3 fully saturated rings. The number of benzene rings is 1. The zero-order valence-electron chi connectivity index (χ0n) is 21.5. The van der Waals surface area contributed by atoms with Crippen molar-refractivity contribution in [3.63, 3.8) is 0 Å². The van der Waals surface area contributed by atoms with E-state index in [4.69, 9.17) is 0 Å². The number of halogens is 3. The number of hydrogen-bond acceptors (Lipinski definition) is 5. The van der Waals surface area contributed by atoms with E-state index in [1.165, 1.54) is 21.3 Å². The third-order valence-electron chi connectivity index (χ3n) is 7.49. The van der Waals surface area contributed by atoms with Crippen LogP contribution in [0.25, 0.3) is 0 Å². The first-order chi connectivity index (χ1) is 18.5. The maximum Gasteiger partial charge on any atom is 0.416 e. The summed E-state index contributed by atoms with van der Waals surface area (Å²) in [5.74, 6) is -1.68. The second-order valence-electron chi connectivity index (χ2n) is 10.3. The van der Waals surface area contributed by atoms with E-state index in [1.54, 1.807) is 0 Å². The number of hydrogen-bond donors (Lipinski definition) is 3. The minimum absolute atomic E-state index is 0.0192. The lowest BCUT2D eigenvalue weighted by molar-refractivity contribution is -0.142. The minimum atomic E-state index is -4.44. The summed E-state index contributed by atoms with van der Waals surface area (Å²) in [5.41, 5.74) is -0.281. The zero-order valence-corrected chi connectivity index (χ0v) is 22.3. The fourth-order valence-electron chi connectivity index (χ4n) is 5.32. The minimum Gasteiger partial charge on any atom is -0.355 e. The number of likely N-dealkylation sites (tertiary alicyclic amines) is 1. The van der Waals surface area contributed by atoms with E-state index in [-0.39, 0.29) is 31.4 Å². The molecule has 3 aliphatic heterocycles. The van der Waals surface area contributed by atoms with Gasteiger partial charge in [0.15, 0.2) is 0 Å². The Morgan fingerprint density at radius 2 is 1.72 bits per heavy atom. The Morgan fingerprint density at radius 3 is 2.44 bits per heavy atom. The summed E-state index contributed by atoms with van der Waals surface area (Å²) in [6.45, 7) is 1.07. The summed E-state index contributed by atoms with van der Waals surface area (Å²) >= 11 is 0. The van der Waals surface area contributed by atoms with Crippen molar-refractivity contribution in [3.8, 4) is 0 Å². The van der Waals surface area contributed by atoms with Crippen LogP contribution in [0.3, 0.4) is 0 Å². The van der Waals surface area contributed by atoms with Crippen molar-refractivity contribution in [2.24, 2.45) is 5.92 Å². The molecule has 216 valence electrons. The Bertz CT molecular complexity index is 1160. The number of carbonyl (C=O) groups excluding carboxylic acids is 3. The highest BCUT2D eigenvalue weighted by atomic mass is 32.2. The third-order valence-corrected chi connectivity index (χ3v) is 9.08. The van der Waals surface area contributed by atoms with Crippen LogP contribution in [-0.2, 0) is 37.3 Å². The molecule has 0 bridgehead atoms. The SMILES string of the molecule is O=C1NCCCC[C@@H]1NS(=O)(=O)N1CCC[C@H](C(=O)N2CCC[C@@H]2C(=O)NCc2ccc(C(F)(F)F)cc2)C1. The largest absolute Gasteiger partial charge is 0.416 e. The second kappa shape index (κ2) is 12.2. The first-order valence-electron chi connectivity index (χ1n) is 13.2. The maximum atomic E-state index is 13.4. The summed E-state index contributed by atoms with van der Waals surface area (Å²) in [6.07, 6.45) is -0.560. The van der Waals surface area contributed by atoms with Crippen LogP contribution in [0.1, 0.15) is 56.1 Å². The van der Waals surface area contributed by atoms with Crippen LogP contribution in [0.15, 0.2) is 24.3 Å². The normalized spacial score (nSPS) is 25.2. The van der Waals surface area contributed by atoms with Gasteiger partial charge in [-0.25, -0.2) is 0 Å². The summed E-state index contributed by atoms with van der Waals surface area (Å²) in [4.78, 5) is 40.0. The van der Waals surface area contributed by atoms with Gasteiger partial charge in [0.25, 0.3) is 10.2 Å². The monoisotopic (exact) mass is 573 g/mol. The summed E-state index contributed by atoms with van der Waals surface area (Å²) < 4.78 is 68.1. The first-order valence-corrected chi connectivity index (χ1v) is 14.7. The van der Waals surface area contributed by atoms with Crippen LogP contribution in [-0.4, -0.2) is 73.6 Å². The maximum absolute atomic E-state index is 13.4. The molecule has 3 saturated heterocycles. The second-order valence-corrected chi connectivity index (χ2v) is 12.0. The van der Waals surface area contributed by atoms with Crippen molar-refractivity contribution >= 4 is 27.9 Å². The average Bonchev–Trinajstić information content (AvgIpc) is 3.32. The van der Waals surface area contributed by atoms with E-state index in [9.17, 15) is 36.0 Å². The van der Waals surface area contributed by atoms with Gasteiger partial charge in [-0.2, -0.15) is 30.6 Å². The molecule has 0 aliphatic carbocycles. The standard InChI is InChI=1S/C25H34F3N5O5S/c26-25(27,28)19-10-8-17(9-11-19)15-30-23(35)21-7-4-14-33(21)24(36)18-5-3-13-32(16-18)39(37,38)31-20-6-1-2-12-29-22(20)34/h8-11,18,20-21,31H,1-7,12-16H2,(H,29,34)(H,30,35)/t18-,20-,21+/m0/s1. The van der Waals surface area contributed by atoms with Gasteiger partial charge in [0.2, 0.25) is 17.7 Å². The highest BCUT2D eigenvalue weighted by molar-refractivity contribution is 7.87. The van der Waals surface area contributed by atoms with Crippen LogP contribution in [0.5, 0.6) is 0 Å². The van der Waals surface area contributed by atoms with Crippen LogP contribution >= 0.6 is 0 Å². The number of alkyl halides is 3. The van der Waals surface area contributed by atoms with Crippen LogP contribution in [0.4, 0.5) is 13.2 Å². The smallest absolute Gasteiger partial charge is 0.355 e. The van der Waals surface area contributed by atoms with E-state index in [2.05, 4.69) is 15.4 Å². The van der Waals surface area contributed by atoms with Gasteiger partial charge in [0.05, 0.1) is 11.5 Å². The molecule has 0 saturated carbocycles. The summed E-state index contributed by atoms with van der Waals surface area (Å²) in [7, 11) is -4.00. The lowest BCUT2D eigenvalue weighted by atomic mass is 9.97. The average molecular weight is 574 g/mol. The Balaban J connectivity index is 1.34. The van der Waals surface area contributed by atoms with E-state index in [1.807, 2.05) is 0 Å². The Kier molecular flexibility index (Phi) is 9.17. The lowest BCUT2D eigenvalue weighted by Gasteiger charge is -2.35. The van der Waals surface area contributed by atoms with E-state index >= 15 is 0 Å². The summed E-state index contributed by atoms with van der Waals surface area (Å²) in [5, 5.41) is 5.41. The molecular weight excluding hydrogens is 539 g/mol. The number of amides is 3. The van der Waals surface area contributed by atoms with Crippen molar-refractivity contribution < 1.29 is 36.0 Å². The Morgan fingerprint density at radius 1 is 1.00 bits per heavy atom. The number of nitrogens with zero attached hydrogens (tertiary/aromatic N) is 2. The van der Waals surface area contributed by atoms with E-state index in [0.29, 0.717) is 57.2 Å². The Labute approximate surface area is 225 Å². The number of piperidine rings is 1. The third kappa shape index (κ3) is 7.28. The van der Waals surface area contributed by atoms with Gasteiger partial charge < -0.3 is 15.5 Å². The molecule has 0 unspecified atom stereocenters. The van der Waals surface area contributed by atoms with Gasteiger partial charge in [0.1, 0.15) is 12.1 Å². The predicted molar refractivity (Wildman–Crippen MR) is 135 cm³/mol. The van der Waals surface area contributed by atoms with Gasteiger partial charge in [-0.1, -0.05) is 12.1 Å². The molecule has 10 nitrogen and oxygen atoms in total. The fraction of sp³-hybridized carbons (Fsp3) is 0.640. The molecule has 4 rings (SSSR count). The highest BCUT2D eigenvalue weighted by Gasteiger charge is 2.41. The van der Waals surface area contributed by atoms with E-state index in [0.717, 1.165) is 18.6 Å². The van der Waals surface area contributed by atoms with Crippen molar-refractivity contribution in [2.45, 2.75) is 69.8 Å². The van der Waals surface area contributed by atoms with Crippen molar-refractivity contribution in [1.29, 1.82) is 0 Å². The van der Waals surface area contributed by atoms with E-state index < -0.39 is 45.9 Å². The topological polar surface area (TPSA) is 128 Å². The lowest BCUT2D eigenvalue weighted by Crippen LogP contribution is -2.55. The fourth-order valence-corrected chi connectivity index (χ4v) is 6.80. The van der Waals surface area contributed by atoms with Crippen LogP contribution in [0, 0.1) is 5.92 Å². The quantitative estimate of drug-likeness (QED) is 0.456. The van der Waals surface area contributed by atoms with Gasteiger partial charge in [-0.3, -0.25) is 14.4 Å². The van der Waals surface area contributed by atoms with Crippen molar-refractivity contribution in [1.82, 2.24) is 24.6 Å². The van der Waals surface area contributed by atoms with Gasteiger partial charge in [0, 0.05) is 32.7 Å². The molecular formula is C25H34F3N5O5S. The van der Waals surface area contributed by atoms with Gasteiger partial charge in [-0.05, 0) is 62.6 Å². The molecule has 1 aromatic carbocycles. The molecule has 0 radical (unpaired) electrons. The number of nitrogens with one attached hydrogen (secondary N) is 3. The molecule has 3 N–H and O–H groups in total. The van der Waals surface area contributed by atoms with Crippen LogP contribution < -0.4 is 15.4 Å². The highest BCUT2D eigenvalue weighted by Crippen LogP contribution is 2.29. The van der Waals surface area contributed by atoms with Gasteiger partial charge in [-0.15, -0.1) is 0 Å². The van der Waals surface area contributed by atoms with Crippen molar-refractivity contribution in [3.05, 3.63) is 35.4 Å². The molecule has 14 heteroatoms. The molecule has 3 heterocycles. The molecule has 3 aliphatic rings. The Hall–Kier alpha value is -2.71. The number of rotatable bonds is 7. The molecule has 0 spiro atoms. The first kappa shape index (κ1) is 29.3. The molecule has 1 aromatic rings. The summed E-state index contributed by atoms with van der Waals surface area (Å²) in [6, 6.07) is 2.91. The van der Waals surface area contributed by atoms with Gasteiger partial charge >= 0.3 is 6.18 Å².